The van der Waals surface area contributed by atoms with Gasteiger partial charge in [-0.2, -0.15) is 0 Å². The fraction of sp³-hybridized carbons (Fsp3) is 0.579. The summed E-state index contributed by atoms with van der Waals surface area (Å²) in [6.07, 6.45) is 1.76. The molecule has 2 rings (SSSR count). The van der Waals surface area contributed by atoms with Crippen molar-refractivity contribution in [2.24, 2.45) is 0 Å². The number of rotatable bonds is 7. The molecule has 152 valence electrons. The number of halogens is 2. The summed E-state index contributed by atoms with van der Waals surface area (Å²) in [4.78, 5) is 29.3. The fourth-order valence-corrected chi connectivity index (χ4v) is 3.47. The second kappa shape index (κ2) is 10.9. The molecule has 0 bridgehead atoms. The Labute approximate surface area is 172 Å². The lowest BCUT2D eigenvalue weighted by atomic mass is 10.0. The van der Waals surface area contributed by atoms with Gasteiger partial charge in [-0.1, -0.05) is 23.7 Å². The molecule has 27 heavy (non-hydrogen) atoms. The number of hydrogen-bond acceptors (Lipinski definition) is 4. The van der Waals surface area contributed by atoms with Crippen LogP contribution in [0.15, 0.2) is 24.3 Å². The minimum Gasteiger partial charge on any atom is -0.480 e. The summed E-state index contributed by atoms with van der Waals surface area (Å²) in [6, 6.07) is 7.82. The van der Waals surface area contributed by atoms with E-state index in [2.05, 4.69) is 4.90 Å². The van der Waals surface area contributed by atoms with Crippen molar-refractivity contribution in [3.63, 3.8) is 0 Å². The molecule has 1 heterocycles. The molecular weight excluding hydrogens is 389 g/mol. The normalized spacial score (nSPS) is 16.6. The van der Waals surface area contributed by atoms with Crippen LogP contribution in [0.5, 0.6) is 0 Å². The van der Waals surface area contributed by atoms with Gasteiger partial charge in [0, 0.05) is 31.2 Å². The summed E-state index contributed by atoms with van der Waals surface area (Å²) in [5.41, 5.74) is 1.05. The molecule has 1 aromatic rings. The second-order valence-corrected chi connectivity index (χ2v) is 7.48. The van der Waals surface area contributed by atoms with E-state index in [0.29, 0.717) is 11.6 Å². The van der Waals surface area contributed by atoms with Gasteiger partial charge in [-0.25, -0.2) is 0 Å². The zero-order valence-corrected chi connectivity index (χ0v) is 17.7. The van der Waals surface area contributed by atoms with Gasteiger partial charge in [0.25, 0.3) is 0 Å². The lowest BCUT2D eigenvalue weighted by molar-refractivity contribution is -0.138. The monoisotopic (exact) mass is 417 g/mol. The molecule has 1 atom stereocenters. The predicted molar refractivity (Wildman–Crippen MR) is 110 cm³/mol. The van der Waals surface area contributed by atoms with Crippen LogP contribution in [0, 0.1) is 0 Å². The van der Waals surface area contributed by atoms with E-state index in [-0.39, 0.29) is 36.9 Å². The number of likely N-dealkylation sites (N-methyl/N-ethyl adjacent to an activating group) is 2. The molecule has 1 saturated heterocycles. The van der Waals surface area contributed by atoms with Crippen LogP contribution in [-0.4, -0.2) is 78.0 Å². The third kappa shape index (κ3) is 6.96. The fourth-order valence-electron chi connectivity index (χ4n) is 3.34. The third-order valence-corrected chi connectivity index (χ3v) is 5.50. The quantitative estimate of drug-likeness (QED) is 0.738. The van der Waals surface area contributed by atoms with Crippen molar-refractivity contribution in [3.8, 4) is 0 Å². The number of carboxylic acid groups (broad SMARTS) is 1. The third-order valence-electron chi connectivity index (χ3n) is 5.25. The summed E-state index contributed by atoms with van der Waals surface area (Å²) in [7, 11) is 3.68. The largest absolute Gasteiger partial charge is 0.480 e. The van der Waals surface area contributed by atoms with Crippen molar-refractivity contribution in [3.05, 3.63) is 34.9 Å². The lowest BCUT2D eigenvalue weighted by Crippen LogP contribution is -2.47. The molecule has 1 amide bonds. The number of amides is 1. The van der Waals surface area contributed by atoms with E-state index in [4.69, 9.17) is 16.7 Å². The van der Waals surface area contributed by atoms with Crippen LogP contribution < -0.4 is 0 Å². The zero-order valence-electron chi connectivity index (χ0n) is 16.1. The van der Waals surface area contributed by atoms with Gasteiger partial charge in [-0.05, 0) is 44.5 Å². The van der Waals surface area contributed by atoms with E-state index in [1.54, 1.807) is 4.90 Å². The molecule has 0 spiro atoms. The number of hydrogen-bond donors (Lipinski definition) is 1. The summed E-state index contributed by atoms with van der Waals surface area (Å²) in [5.74, 6) is -0.715. The molecule has 0 saturated carbocycles. The van der Waals surface area contributed by atoms with Gasteiger partial charge in [0.2, 0.25) is 5.91 Å². The van der Waals surface area contributed by atoms with Crippen molar-refractivity contribution in [1.29, 1.82) is 0 Å². The highest BCUT2D eigenvalue weighted by atomic mass is 35.5. The zero-order chi connectivity index (χ0) is 19.3. The molecule has 0 aromatic heterocycles. The molecule has 1 fully saturated rings. The van der Waals surface area contributed by atoms with Gasteiger partial charge >= 0.3 is 5.97 Å². The van der Waals surface area contributed by atoms with Crippen LogP contribution in [0.1, 0.15) is 31.4 Å². The Morgan fingerprint density at radius 1 is 1.22 bits per heavy atom. The summed E-state index contributed by atoms with van der Waals surface area (Å²) >= 11 is 5.93. The SMILES string of the molecule is CC(c1ccc(Cl)cc1)N(C)C(=O)CN1CCC(N(C)CC(=O)O)CC1.Cl. The minimum atomic E-state index is -0.803. The van der Waals surface area contributed by atoms with Crippen molar-refractivity contribution >= 4 is 35.9 Å². The van der Waals surface area contributed by atoms with Gasteiger partial charge in [0.1, 0.15) is 0 Å². The molecule has 1 aliphatic rings. The Morgan fingerprint density at radius 3 is 2.30 bits per heavy atom. The number of nitrogens with zero attached hydrogens (tertiary/aromatic N) is 3. The van der Waals surface area contributed by atoms with E-state index in [0.717, 1.165) is 31.5 Å². The number of carbonyl (C=O) groups is 2. The Morgan fingerprint density at radius 2 is 1.78 bits per heavy atom. The number of benzene rings is 1. The molecule has 1 unspecified atom stereocenters. The van der Waals surface area contributed by atoms with Crippen LogP contribution in [0.2, 0.25) is 5.02 Å². The molecule has 8 heteroatoms. The van der Waals surface area contributed by atoms with E-state index in [1.807, 2.05) is 50.2 Å². The highest BCUT2D eigenvalue weighted by Crippen LogP contribution is 2.22. The van der Waals surface area contributed by atoms with Crippen molar-refractivity contribution in [2.45, 2.75) is 31.8 Å². The van der Waals surface area contributed by atoms with Crippen LogP contribution in [0.4, 0.5) is 0 Å². The number of piperidine rings is 1. The molecule has 0 radical (unpaired) electrons. The predicted octanol–water partition coefficient (Wildman–Crippen LogP) is 2.76. The Kier molecular flexibility index (Phi) is 9.53. The van der Waals surface area contributed by atoms with E-state index < -0.39 is 5.97 Å². The van der Waals surface area contributed by atoms with E-state index >= 15 is 0 Å². The van der Waals surface area contributed by atoms with E-state index in [9.17, 15) is 9.59 Å². The van der Waals surface area contributed by atoms with Crippen LogP contribution >= 0.6 is 24.0 Å². The summed E-state index contributed by atoms with van der Waals surface area (Å²) < 4.78 is 0. The topological polar surface area (TPSA) is 64.1 Å². The van der Waals surface area contributed by atoms with E-state index in [1.165, 1.54) is 0 Å². The Hall–Kier alpha value is -1.34. The minimum absolute atomic E-state index is 0. The molecule has 1 aliphatic heterocycles. The number of carbonyl (C=O) groups excluding carboxylic acids is 1. The maximum Gasteiger partial charge on any atom is 0.317 e. The van der Waals surface area contributed by atoms with Gasteiger partial charge in [0.05, 0.1) is 19.1 Å². The maximum atomic E-state index is 12.6. The molecule has 0 aliphatic carbocycles. The molecule has 6 nitrogen and oxygen atoms in total. The smallest absolute Gasteiger partial charge is 0.317 e. The van der Waals surface area contributed by atoms with Crippen LogP contribution in [0.3, 0.4) is 0 Å². The lowest BCUT2D eigenvalue weighted by Gasteiger charge is -2.36. The van der Waals surface area contributed by atoms with Gasteiger partial charge in [-0.15, -0.1) is 12.4 Å². The number of carboxylic acids is 1. The van der Waals surface area contributed by atoms with Gasteiger partial charge < -0.3 is 10.0 Å². The first-order chi connectivity index (χ1) is 12.3. The number of aliphatic carboxylic acids is 1. The summed E-state index contributed by atoms with van der Waals surface area (Å²) in [6.45, 7) is 4.08. The summed E-state index contributed by atoms with van der Waals surface area (Å²) in [5, 5.41) is 9.58. The van der Waals surface area contributed by atoms with Crippen molar-refractivity contribution in [1.82, 2.24) is 14.7 Å². The first kappa shape index (κ1) is 23.7. The molecular formula is C19H29Cl2N3O3. The first-order valence-corrected chi connectivity index (χ1v) is 9.31. The average molecular weight is 418 g/mol. The van der Waals surface area contributed by atoms with Gasteiger partial charge in [0.15, 0.2) is 0 Å². The highest BCUT2D eigenvalue weighted by molar-refractivity contribution is 6.30. The molecule has 1 aromatic carbocycles. The van der Waals surface area contributed by atoms with Crippen LogP contribution in [-0.2, 0) is 9.59 Å². The number of likely N-dealkylation sites (tertiary alicyclic amines) is 1. The Balaban J connectivity index is 0.00000364. The standard InChI is InChI=1S/C19H28ClN3O3.ClH/c1-14(15-4-6-16(20)7-5-15)22(3)18(24)12-23-10-8-17(9-11-23)21(2)13-19(25)26;/h4-7,14,17H,8-13H2,1-3H3,(H,25,26);1H. The van der Waals surface area contributed by atoms with Gasteiger partial charge in [-0.3, -0.25) is 19.4 Å². The van der Waals surface area contributed by atoms with Crippen LogP contribution in [0.25, 0.3) is 0 Å². The first-order valence-electron chi connectivity index (χ1n) is 8.93. The highest BCUT2D eigenvalue weighted by Gasteiger charge is 2.26. The Bertz CT molecular complexity index is 619. The second-order valence-electron chi connectivity index (χ2n) is 7.05. The molecule has 1 N–H and O–H groups in total. The average Bonchev–Trinajstić information content (AvgIpc) is 2.61. The van der Waals surface area contributed by atoms with Crippen molar-refractivity contribution in [2.75, 3.05) is 40.3 Å². The van der Waals surface area contributed by atoms with Crippen molar-refractivity contribution < 1.29 is 14.7 Å². The maximum absolute atomic E-state index is 12.6.